The molecule has 0 spiro atoms. The number of halogens is 2. The Morgan fingerprint density at radius 1 is 1.00 bits per heavy atom. The number of nitrogens with zero attached hydrogens (tertiary/aromatic N) is 2. The van der Waals surface area contributed by atoms with E-state index in [-0.39, 0.29) is 29.1 Å². The molecule has 1 saturated carbocycles. The van der Waals surface area contributed by atoms with Crippen molar-refractivity contribution in [3.05, 3.63) is 93.4 Å². The van der Waals surface area contributed by atoms with E-state index in [0.717, 1.165) is 52.0 Å². The number of carbonyl (C=O) groups is 2. The molecule has 1 atom stereocenters. The van der Waals surface area contributed by atoms with E-state index in [9.17, 15) is 18.0 Å². The highest BCUT2D eigenvalue weighted by Crippen LogP contribution is 2.27. The molecule has 0 aliphatic heterocycles. The first kappa shape index (κ1) is 31.1. The number of rotatable bonds is 10. The van der Waals surface area contributed by atoms with E-state index in [1.54, 1.807) is 37.3 Å². The van der Waals surface area contributed by atoms with Crippen molar-refractivity contribution in [3.8, 4) is 0 Å². The Morgan fingerprint density at radius 3 is 2.34 bits per heavy atom. The first-order valence-electron chi connectivity index (χ1n) is 13.7. The van der Waals surface area contributed by atoms with Crippen molar-refractivity contribution in [2.45, 2.75) is 69.5 Å². The highest BCUT2D eigenvalue weighted by Gasteiger charge is 2.33. The summed E-state index contributed by atoms with van der Waals surface area (Å²) in [6.07, 6.45) is 5.10. The second-order valence-electron chi connectivity index (χ2n) is 10.5. The van der Waals surface area contributed by atoms with E-state index in [2.05, 4.69) is 21.2 Å². The molecule has 7 nitrogen and oxygen atoms in total. The summed E-state index contributed by atoms with van der Waals surface area (Å²) < 4.78 is 29.7. The topological polar surface area (TPSA) is 86.8 Å². The lowest BCUT2D eigenvalue weighted by molar-refractivity contribution is -0.139. The molecule has 4 rings (SSSR count). The first-order chi connectivity index (χ1) is 19.5. The maximum atomic E-state index is 14.1. The van der Waals surface area contributed by atoms with E-state index >= 15 is 0 Å². The molecule has 0 aromatic heterocycles. The van der Waals surface area contributed by atoms with E-state index in [0.29, 0.717) is 5.02 Å². The zero-order valence-corrected chi connectivity index (χ0v) is 26.4. The quantitative estimate of drug-likeness (QED) is 0.270. The normalized spacial score (nSPS) is 14.7. The van der Waals surface area contributed by atoms with E-state index in [4.69, 9.17) is 11.6 Å². The SMILES string of the molecule is Cc1ccc(S(=O)(=O)N(CC(=O)N(Cc2cccc(Br)c2)[C@H](C)C(=O)NC2CCCCC2)c2cccc(Cl)c2)cc1. The van der Waals surface area contributed by atoms with Crippen molar-refractivity contribution < 1.29 is 18.0 Å². The minimum absolute atomic E-state index is 0.0532. The maximum Gasteiger partial charge on any atom is 0.264 e. The molecule has 0 unspecified atom stereocenters. The fourth-order valence-corrected chi connectivity index (χ4v) is 7.02. The van der Waals surface area contributed by atoms with Gasteiger partial charge in [0, 0.05) is 22.1 Å². The van der Waals surface area contributed by atoms with Crippen LogP contribution in [-0.2, 0) is 26.2 Å². The Bertz CT molecular complexity index is 1480. The molecule has 41 heavy (non-hydrogen) atoms. The van der Waals surface area contributed by atoms with Crippen LogP contribution in [0.3, 0.4) is 0 Å². The molecular weight excluding hydrogens is 626 g/mol. The van der Waals surface area contributed by atoms with Crippen molar-refractivity contribution in [2.24, 2.45) is 0 Å². The van der Waals surface area contributed by atoms with Crippen LogP contribution in [0.25, 0.3) is 0 Å². The molecule has 1 fully saturated rings. The lowest BCUT2D eigenvalue weighted by Gasteiger charge is -2.33. The van der Waals surface area contributed by atoms with Gasteiger partial charge in [-0.3, -0.25) is 13.9 Å². The van der Waals surface area contributed by atoms with Gasteiger partial charge in [-0.1, -0.05) is 82.7 Å². The van der Waals surface area contributed by atoms with Crippen LogP contribution in [0.15, 0.2) is 82.2 Å². The number of benzene rings is 3. The number of aryl methyl sites for hydroxylation is 1. The van der Waals surface area contributed by atoms with Gasteiger partial charge in [0.2, 0.25) is 11.8 Å². The van der Waals surface area contributed by atoms with E-state index in [1.165, 1.54) is 23.1 Å². The van der Waals surface area contributed by atoms with Crippen LogP contribution in [0.1, 0.15) is 50.2 Å². The molecule has 0 heterocycles. The zero-order chi connectivity index (χ0) is 29.6. The molecule has 0 bridgehead atoms. The second-order valence-corrected chi connectivity index (χ2v) is 13.7. The lowest BCUT2D eigenvalue weighted by Crippen LogP contribution is -2.53. The smallest absolute Gasteiger partial charge is 0.264 e. The summed E-state index contributed by atoms with van der Waals surface area (Å²) >= 11 is 9.71. The highest BCUT2D eigenvalue weighted by atomic mass is 79.9. The third kappa shape index (κ3) is 8.11. The Balaban J connectivity index is 1.68. The van der Waals surface area contributed by atoms with E-state index in [1.807, 2.05) is 31.2 Å². The monoisotopic (exact) mass is 659 g/mol. The lowest BCUT2D eigenvalue weighted by atomic mass is 9.95. The minimum Gasteiger partial charge on any atom is -0.352 e. The summed E-state index contributed by atoms with van der Waals surface area (Å²) in [7, 11) is -4.15. The first-order valence-corrected chi connectivity index (χ1v) is 16.3. The fourth-order valence-electron chi connectivity index (χ4n) is 4.98. The van der Waals surface area contributed by atoms with Crippen molar-refractivity contribution in [1.82, 2.24) is 10.2 Å². The van der Waals surface area contributed by atoms with Crippen molar-refractivity contribution >= 4 is 55.1 Å². The van der Waals surface area contributed by atoms with Crippen molar-refractivity contribution in [2.75, 3.05) is 10.8 Å². The summed E-state index contributed by atoms with van der Waals surface area (Å²) in [5.41, 5.74) is 1.97. The standard InChI is InChI=1S/C31H35BrClN3O4S/c1-22-14-16-29(17-15-22)41(39,40)36(28-13-7-10-26(33)19-28)21-30(37)35(20-24-8-6-9-25(32)18-24)23(2)31(38)34-27-11-4-3-5-12-27/h6-10,13-19,23,27H,3-5,11-12,20-21H2,1-2H3,(H,34,38)/t23-/m1/s1. The Hall–Kier alpha value is -2.88. The molecule has 3 aromatic carbocycles. The summed E-state index contributed by atoms with van der Waals surface area (Å²) in [5.74, 6) is -0.761. The highest BCUT2D eigenvalue weighted by molar-refractivity contribution is 9.10. The Labute approximate surface area is 256 Å². The van der Waals surface area contributed by atoms with Gasteiger partial charge in [-0.15, -0.1) is 0 Å². The average molecular weight is 661 g/mol. The molecule has 0 saturated heterocycles. The average Bonchev–Trinajstić information content (AvgIpc) is 2.95. The number of amides is 2. The Morgan fingerprint density at radius 2 is 1.68 bits per heavy atom. The number of hydrogen-bond acceptors (Lipinski definition) is 4. The molecule has 2 amide bonds. The van der Waals surface area contributed by atoms with Gasteiger partial charge in [-0.25, -0.2) is 8.42 Å². The number of hydrogen-bond donors (Lipinski definition) is 1. The maximum absolute atomic E-state index is 14.1. The van der Waals surface area contributed by atoms with Crippen molar-refractivity contribution in [3.63, 3.8) is 0 Å². The van der Waals surface area contributed by atoms with Crippen LogP contribution in [0.2, 0.25) is 5.02 Å². The van der Waals surface area contributed by atoms with Crippen LogP contribution in [-0.4, -0.2) is 43.8 Å². The summed E-state index contributed by atoms with van der Waals surface area (Å²) in [5, 5.41) is 3.45. The van der Waals surface area contributed by atoms with Gasteiger partial charge in [0.15, 0.2) is 0 Å². The van der Waals surface area contributed by atoms with Crippen LogP contribution < -0.4 is 9.62 Å². The van der Waals surface area contributed by atoms with Gasteiger partial charge in [-0.2, -0.15) is 0 Å². The molecule has 218 valence electrons. The molecule has 10 heteroatoms. The van der Waals surface area contributed by atoms with Gasteiger partial charge >= 0.3 is 0 Å². The zero-order valence-electron chi connectivity index (χ0n) is 23.2. The van der Waals surface area contributed by atoms with Crippen LogP contribution in [0, 0.1) is 6.92 Å². The molecule has 1 aliphatic carbocycles. The molecule has 1 aliphatic rings. The minimum atomic E-state index is -4.15. The summed E-state index contributed by atoms with van der Waals surface area (Å²) in [6.45, 7) is 3.18. The molecule has 0 radical (unpaired) electrons. The van der Waals surface area contributed by atoms with E-state index < -0.39 is 28.5 Å². The van der Waals surface area contributed by atoms with Crippen LogP contribution in [0.5, 0.6) is 0 Å². The number of anilines is 1. The number of sulfonamides is 1. The Kier molecular flexibility index (Phi) is 10.5. The third-order valence-electron chi connectivity index (χ3n) is 7.34. The van der Waals surface area contributed by atoms with Crippen molar-refractivity contribution in [1.29, 1.82) is 0 Å². The predicted molar refractivity (Wildman–Crippen MR) is 166 cm³/mol. The molecule has 3 aromatic rings. The number of carbonyl (C=O) groups excluding carboxylic acids is 2. The fraction of sp³-hybridized carbons (Fsp3) is 0.355. The van der Waals surface area contributed by atoms with Gasteiger partial charge in [0.25, 0.3) is 10.0 Å². The summed E-state index contributed by atoms with van der Waals surface area (Å²) in [4.78, 5) is 29.0. The predicted octanol–water partition coefficient (Wildman–Crippen LogP) is 6.47. The van der Waals surface area contributed by atoms with Crippen LogP contribution in [0.4, 0.5) is 5.69 Å². The number of nitrogens with one attached hydrogen (secondary N) is 1. The van der Waals surface area contributed by atoms with Gasteiger partial charge in [0.1, 0.15) is 12.6 Å². The van der Waals surface area contributed by atoms with Gasteiger partial charge < -0.3 is 10.2 Å². The molecular formula is C31H35BrClN3O4S. The van der Waals surface area contributed by atoms with Gasteiger partial charge in [0.05, 0.1) is 10.6 Å². The summed E-state index contributed by atoms with van der Waals surface area (Å²) in [6, 6.07) is 19.6. The van der Waals surface area contributed by atoms with Gasteiger partial charge in [-0.05, 0) is 74.7 Å². The molecule has 1 N–H and O–H groups in total. The van der Waals surface area contributed by atoms with Crippen LogP contribution >= 0.6 is 27.5 Å². The largest absolute Gasteiger partial charge is 0.352 e. The second kappa shape index (κ2) is 13.9. The third-order valence-corrected chi connectivity index (χ3v) is 9.86.